The molecule has 3 nitrogen and oxygen atoms in total. The van der Waals surface area contributed by atoms with Gasteiger partial charge >= 0.3 is 0 Å². The molecule has 6 atom stereocenters. The van der Waals surface area contributed by atoms with E-state index in [9.17, 15) is 10.2 Å². The van der Waals surface area contributed by atoms with Crippen molar-refractivity contribution in [2.75, 3.05) is 13.7 Å². The molecule has 0 spiro atoms. The van der Waals surface area contributed by atoms with E-state index in [0.717, 1.165) is 25.9 Å². The summed E-state index contributed by atoms with van der Waals surface area (Å²) in [4.78, 5) is 0. The molecule has 0 aromatic rings. The van der Waals surface area contributed by atoms with Crippen LogP contribution >= 0.6 is 0 Å². The normalized spacial score (nSPS) is 44.8. The predicted molar refractivity (Wildman–Crippen MR) is 96.6 cm³/mol. The number of methoxy groups -OCH3 is 1. The summed E-state index contributed by atoms with van der Waals surface area (Å²) in [5.74, 6) is 1.54. The predicted octanol–water partition coefficient (Wildman–Crippen LogP) is 3.71. The van der Waals surface area contributed by atoms with Crippen molar-refractivity contribution < 1.29 is 14.9 Å². The van der Waals surface area contributed by atoms with Crippen LogP contribution in [-0.2, 0) is 4.74 Å². The Bertz CT molecular complexity index is 547. The van der Waals surface area contributed by atoms with Gasteiger partial charge in [0.15, 0.2) is 0 Å². The highest BCUT2D eigenvalue weighted by atomic mass is 16.5. The van der Waals surface area contributed by atoms with Gasteiger partial charge in [-0.3, -0.25) is 0 Å². The van der Waals surface area contributed by atoms with E-state index in [-0.39, 0.29) is 23.5 Å². The fourth-order valence-corrected chi connectivity index (χ4v) is 5.41. The van der Waals surface area contributed by atoms with E-state index < -0.39 is 0 Å². The number of fused-ring (bicyclic) bond motifs is 2. The third-order valence-electron chi connectivity index (χ3n) is 7.06. The topological polar surface area (TPSA) is 49.7 Å². The van der Waals surface area contributed by atoms with Crippen molar-refractivity contribution >= 4 is 0 Å². The van der Waals surface area contributed by atoms with Gasteiger partial charge in [0.2, 0.25) is 0 Å². The SMILES string of the molecule is COC[C@H]1CC[C@@H]2/C1=C\[C@]1(C)C(=C(C(C)C)C[C@@H]1O)C[C@H](O)[C@@H]2C. The minimum Gasteiger partial charge on any atom is -0.392 e. The fraction of sp³-hybridized carbons (Fsp3) is 0.810. The fourth-order valence-electron chi connectivity index (χ4n) is 5.41. The van der Waals surface area contributed by atoms with Crippen molar-refractivity contribution in [1.82, 2.24) is 0 Å². The average Bonchev–Trinajstić information content (AvgIpc) is 3.00. The number of ether oxygens (including phenoxy) is 1. The molecule has 3 heteroatoms. The second-order valence-corrected chi connectivity index (χ2v) is 8.77. The highest BCUT2D eigenvalue weighted by Crippen LogP contribution is 2.54. The van der Waals surface area contributed by atoms with E-state index in [4.69, 9.17) is 4.74 Å². The lowest BCUT2D eigenvalue weighted by Crippen LogP contribution is -2.36. The van der Waals surface area contributed by atoms with Crippen molar-refractivity contribution in [3.05, 3.63) is 22.8 Å². The Morgan fingerprint density at radius 1 is 1.25 bits per heavy atom. The molecule has 0 unspecified atom stereocenters. The number of aliphatic hydroxyl groups excluding tert-OH is 2. The molecule has 3 aliphatic carbocycles. The maximum atomic E-state index is 10.9. The van der Waals surface area contributed by atoms with Crippen molar-refractivity contribution in [2.24, 2.45) is 29.1 Å². The lowest BCUT2D eigenvalue weighted by molar-refractivity contribution is 0.0671. The highest BCUT2D eigenvalue weighted by molar-refractivity contribution is 5.40. The van der Waals surface area contributed by atoms with E-state index in [1.54, 1.807) is 7.11 Å². The maximum Gasteiger partial charge on any atom is 0.0702 e. The van der Waals surface area contributed by atoms with Gasteiger partial charge in [0.05, 0.1) is 18.8 Å². The first-order valence-corrected chi connectivity index (χ1v) is 9.59. The van der Waals surface area contributed by atoms with Gasteiger partial charge < -0.3 is 14.9 Å². The number of hydrogen-bond donors (Lipinski definition) is 2. The van der Waals surface area contributed by atoms with Crippen LogP contribution in [0, 0.1) is 29.1 Å². The molecule has 136 valence electrons. The van der Waals surface area contributed by atoms with E-state index in [0.29, 0.717) is 24.2 Å². The minimum atomic E-state index is -0.373. The summed E-state index contributed by atoms with van der Waals surface area (Å²) in [5.41, 5.74) is 3.74. The van der Waals surface area contributed by atoms with Crippen molar-refractivity contribution in [3.8, 4) is 0 Å². The molecule has 3 rings (SSSR count). The van der Waals surface area contributed by atoms with Gasteiger partial charge in [-0.15, -0.1) is 0 Å². The molecular formula is C21H34O3. The Balaban J connectivity index is 2.12. The summed E-state index contributed by atoms with van der Waals surface area (Å²) in [6, 6.07) is 0. The summed E-state index contributed by atoms with van der Waals surface area (Å²) < 4.78 is 5.46. The molecule has 0 aliphatic heterocycles. The van der Waals surface area contributed by atoms with Crippen molar-refractivity contribution in [3.63, 3.8) is 0 Å². The minimum absolute atomic E-state index is 0.265. The maximum absolute atomic E-state index is 10.9. The molecule has 0 aromatic heterocycles. The van der Waals surface area contributed by atoms with Crippen LogP contribution in [0.25, 0.3) is 0 Å². The van der Waals surface area contributed by atoms with Crippen molar-refractivity contribution in [2.45, 2.75) is 65.6 Å². The van der Waals surface area contributed by atoms with Crippen LogP contribution < -0.4 is 0 Å². The molecule has 0 aromatic carbocycles. The lowest BCUT2D eigenvalue weighted by atomic mass is 9.69. The molecule has 0 heterocycles. The van der Waals surface area contributed by atoms with Crippen LogP contribution in [0.15, 0.2) is 22.8 Å². The van der Waals surface area contributed by atoms with Gasteiger partial charge in [-0.05, 0) is 50.4 Å². The Labute approximate surface area is 146 Å². The second-order valence-electron chi connectivity index (χ2n) is 8.77. The van der Waals surface area contributed by atoms with E-state index in [1.807, 2.05) is 0 Å². The van der Waals surface area contributed by atoms with Crippen LogP contribution in [0.2, 0.25) is 0 Å². The third-order valence-corrected chi connectivity index (χ3v) is 7.06. The van der Waals surface area contributed by atoms with Gasteiger partial charge in [-0.1, -0.05) is 43.6 Å². The molecule has 2 N–H and O–H groups in total. The summed E-state index contributed by atoms with van der Waals surface area (Å²) >= 11 is 0. The zero-order valence-electron chi connectivity index (χ0n) is 15.9. The summed E-state index contributed by atoms with van der Waals surface area (Å²) in [6.07, 6.45) is 5.39. The summed E-state index contributed by atoms with van der Waals surface area (Å²) in [7, 11) is 1.77. The molecule has 24 heavy (non-hydrogen) atoms. The zero-order valence-corrected chi connectivity index (χ0v) is 15.9. The van der Waals surface area contributed by atoms with Crippen LogP contribution in [0.4, 0.5) is 0 Å². The Hall–Kier alpha value is -0.640. The van der Waals surface area contributed by atoms with Crippen LogP contribution in [-0.4, -0.2) is 36.1 Å². The van der Waals surface area contributed by atoms with Crippen LogP contribution in [0.5, 0.6) is 0 Å². The van der Waals surface area contributed by atoms with Gasteiger partial charge in [0.25, 0.3) is 0 Å². The molecule has 0 saturated heterocycles. The lowest BCUT2D eigenvalue weighted by Gasteiger charge is -2.38. The first-order valence-electron chi connectivity index (χ1n) is 9.59. The second kappa shape index (κ2) is 6.59. The summed E-state index contributed by atoms with van der Waals surface area (Å²) in [5, 5.41) is 21.8. The van der Waals surface area contributed by atoms with Crippen LogP contribution in [0.1, 0.15) is 53.4 Å². The Morgan fingerprint density at radius 3 is 2.58 bits per heavy atom. The molecule has 1 saturated carbocycles. The number of hydrogen-bond acceptors (Lipinski definition) is 3. The van der Waals surface area contributed by atoms with Gasteiger partial charge in [-0.25, -0.2) is 0 Å². The highest BCUT2D eigenvalue weighted by Gasteiger charge is 2.48. The van der Waals surface area contributed by atoms with E-state index in [2.05, 4.69) is 33.8 Å². The van der Waals surface area contributed by atoms with Crippen LogP contribution in [0.3, 0.4) is 0 Å². The van der Waals surface area contributed by atoms with Gasteiger partial charge in [-0.2, -0.15) is 0 Å². The smallest absolute Gasteiger partial charge is 0.0702 e. The van der Waals surface area contributed by atoms with Gasteiger partial charge in [0, 0.05) is 18.4 Å². The monoisotopic (exact) mass is 334 g/mol. The molecule has 0 amide bonds. The van der Waals surface area contributed by atoms with E-state index in [1.165, 1.54) is 16.7 Å². The first-order chi connectivity index (χ1) is 11.3. The molecule has 0 radical (unpaired) electrons. The third kappa shape index (κ3) is 2.79. The number of aliphatic hydroxyl groups is 2. The largest absolute Gasteiger partial charge is 0.392 e. The van der Waals surface area contributed by atoms with Gasteiger partial charge in [0.1, 0.15) is 0 Å². The number of rotatable bonds is 3. The average molecular weight is 335 g/mol. The quantitative estimate of drug-likeness (QED) is 0.774. The Morgan fingerprint density at radius 2 is 1.96 bits per heavy atom. The summed E-state index contributed by atoms with van der Waals surface area (Å²) in [6.45, 7) is 9.52. The van der Waals surface area contributed by atoms with E-state index >= 15 is 0 Å². The molecule has 1 fully saturated rings. The zero-order chi connectivity index (χ0) is 17.6. The first kappa shape index (κ1) is 18.2. The molecular weight excluding hydrogens is 300 g/mol. The molecule has 3 aliphatic rings. The standard InChI is InChI=1S/C21H34O3/c1-12(2)16-8-20(23)21(4)10-17-14(11-24-5)6-7-15(17)13(3)19(22)9-18(16)21/h10,12-15,19-20,22-23H,6-9,11H2,1-5H3/b17-10-/t13-,14-,15+,19+,20+,21-/m1/s1. The van der Waals surface area contributed by atoms with Crippen molar-refractivity contribution in [1.29, 1.82) is 0 Å². The Kier molecular flexibility index (Phi) is 4.98. The molecule has 0 bridgehead atoms.